The van der Waals surface area contributed by atoms with Gasteiger partial charge in [-0.25, -0.2) is 0 Å². The van der Waals surface area contributed by atoms with E-state index in [2.05, 4.69) is 88.0 Å². The quantitative estimate of drug-likeness (QED) is 0.630. The van der Waals surface area contributed by atoms with Crippen molar-refractivity contribution in [3.63, 3.8) is 0 Å². The first-order valence-corrected chi connectivity index (χ1v) is 8.76. The Hall–Kier alpha value is -0.590. The number of rotatable bonds is 5. The molecule has 112 valence electrons. The Morgan fingerprint density at radius 2 is 1.95 bits per heavy atom. The van der Waals surface area contributed by atoms with Crippen molar-refractivity contribution in [1.29, 1.82) is 0 Å². The molecule has 1 N–H and O–H groups in total. The third kappa shape index (κ3) is 3.99. The lowest BCUT2D eigenvalue weighted by Gasteiger charge is -2.23. The fourth-order valence-corrected chi connectivity index (χ4v) is 3.42. The summed E-state index contributed by atoms with van der Waals surface area (Å²) in [6.07, 6.45) is 0. The molecule has 2 nitrogen and oxygen atoms in total. The molecule has 0 aliphatic heterocycles. The molecule has 0 saturated carbocycles. The highest BCUT2D eigenvalue weighted by Gasteiger charge is 2.18. The second-order valence-electron chi connectivity index (χ2n) is 4.88. The molecule has 4 heteroatoms. The van der Waals surface area contributed by atoms with E-state index in [1.165, 1.54) is 20.3 Å². The molecular formula is C17H19BrINO. The topological polar surface area (TPSA) is 21.3 Å². The van der Waals surface area contributed by atoms with Crippen LogP contribution in [0.25, 0.3) is 0 Å². The highest BCUT2D eigenvalue weighted by atomic mass is 127. The van der Waals surface area contributed by atoms with Gasteiger partial charge in [0.25, 0.3) is 0 Å². The van der Waals surface area contributed by atoms with Gasteiger partial charge in [-0.2, -0.15) is 0 Å². The molecule has 0 aliphatic rings. The van der Waals surface area contributed by atoms with Crippen LogP contribution in [-0.2, 0) is 0 Å². The first kappa shape index (κ1) is 16.8. The lowest BCUT2D eigenvalue weighted by molar-refractivity contribution is 0.414. The van der Waals surface area contributed by atoms with Crippen LogP contribution >= 0.6 is 38.5 Å². The van der Waals surface area contributed by atoms with Crippen LogP contribution in [0.1, 0.15) is 29.7 Å². The Kier molecular flexibility index (Phi) is 6.08. The van der Waals surface area contributed by atoms with Gasteiger partial charge in [-0.1, -0.05) is 28.9 Å². The van der Waals surface area contributed by atoms with Crippen LogP contribution in [0.5, 0.6) is 5.75 Å². The molecule has 0 heterocycles. The average Bonchev–Trinajstić information content (AvgIpc) is 2.48. The lowest BCUT2D eigenvalue weighted by Crippen LogP contribution is -2.23. The second kappa shape index (κ2) is 7.61. The maximum absolute atomic E-state index is 5.31. The van der Waals surface area contributed by atoms with E-state index < -0.39 is 0 Å². The number of halogens is 2. The zero-order valence-corrected chi connectivity index (χ0v) is 16.2. The van der Waals surface area contributed by atoms with Gasteiger partial charge in [-0.15, -0.1) is 0 Å². The van der Waals surface area contributed by atoms with Gasteiger partial charge < -0.3 is 10.1 Å². The minimum absolute atomic E-state index is 0.171. The van der Waals surface area contributed by atoms with Crippen LogP contribution in [0.3, 0.4) is 0 Å². The fraction of sp³-hybridized carbons (Fsp3) is 0.294. The molecule has 0 fully saturated rings. The number of hydrogen-bond acceptors (Lipinski definition) is 2. The zero-order chi connectivity index (χ0) is 15.4. The molecule has 2 aromatic rings. The van der Waals surface area contributed by atoms with E-state index in [0.29, 0.717) is 0 Å². The van der Waals surface area contributed by atoms with E-state index in [1.807, 2.05) is 6.07 Å². The molecule has 0 saturated heterocycles. The largest absolute Gasteiger partial charge is 0.497 e. The Balaban J connectivity index is 2.50. The van der Waals surface area contributed by atoms with Crippen molar-refractivity contribution in [2.24, 2.45) is 0 Å². The Bertz CT molecular complexity index is 630. The summed E-state index contributed by atoms with van der Waals surface area (Å²) in [7, 11) is 1.70. The normalized spacial score (nSPS) is 12.2. The summed E-state index contributed by atoms with van der Waals surface area (Å²) in [6.45, 7) is 5.17. The monoisotopic (exact) mass is 459 g/mol. The van der Waals surface area contributed by atoms with E-state index in [-0.39, 0.29) is 6.04 Å². The summed E-state index contributed by atoms with van der Waals surface area (Å²) < 4.78 is 7.67. The van der Waals surface area contributed by atoms with E-state index in [4.69, 9.17) is 4.74 Å². The standard InChI is InChI=1S/C17H19BrINO/c1-4-20-17(15-10-12(19)5-8-16(15)18)14-7-6-13(21-3)9-11(14)2/h5-10,17,20H,4H2,1-3H3. The van der Waals surface area contributed by atoms with Gasteiger partial charge in [0.2, 0.25) is 0 Å². The molecule has 2 aromatic carbocycles. The number of hydrogen-bond donors (Lipinski definition) is 1. The predicted octanol–water partition coefficient (Wildman–Crippen LogP) is 5.07. The van der Waals surface area contributed by atoms with Crippen molar-refractivity contribution < 1.29 is 4.74 Å². The highest BCUT2D eigenvalue weighted by Crippen LogP contribution is 2.32. The van der Waals surface area contributed by atoms with Gasteiger partial charge >= 0.3 is 0 Å². The molecule has 2 rings (SSSR count). The number of aryl methyl sites for hydroxylation is 1. The Labute approximate surface area is 148 Å². The van der Waals surface area contributed by atoms with Crippen LogP contribution in [0.4, 0.5) is 0 Å². The molecule has 0 radical (unpaired) electrons. The smallest absolute Gasteiger partial charge is 0.119 e. The average molecular weight is 460 g/mol. The van der Waals surface area contributed by atoms with Gasteiger partial charge in [0.15, 0.2) is 0 Å². The Morgan fingerprint density at radius 1 is 1.19 bits per heavy atom. The van der Waals surface area contributed by atoms with Gasteiger partial charge in [-0.05, 0) is 83.1 Å². The van der Waals surface area contributed by atoms with Crippen LogP contribution in [-0.4, -0.2) is 13.7 Å². The van der Waals surface area contributed by atoms with Gasteiger partial charge in [-0.3, -0.25) is 0 Å². The molecule has 21 heavy (non-hydrogen) atoms. The molecule has 0 aromatic heterocycles. The summed E-state index contributed by atoms with van der Waals surface area (Å²) in [4.78, 5) is 0. The first-order chi connectivity index (χ1) is 10.1. The molecule has 0 bridgehead atoms. The van der Waals surface area contributed by atoms with Crippen molar-refractivity contribution in [2.45, 2.75) is 19.9 Å². The van der Waals surface area contributed by atoms with E-state index >= 15 is 0 Å². The fourth-order valence-electron chi connectivity index (χ4n) is 2.43. The summed E-state index contributed by atoms with van der Waals surface area (Å²) >= 11 is 6.04. The van der Waals surface area contributed by atoms with Crippen LogP contribution < -0.4 is 10.1 Å². The van der Waals surface area contributed by atoms with Crippen molar-refractivity contribution in [3.8, 4) is 5.75 Å². The molecule has 0 amide bonds. The maximum Gasteiger partial charge on any atom is 0.119 e. The summed E-state index contributed by atoms with van der Waals surface area (Å²) in [5.74, 6) is 0.896. The van der Waals surface area contributed by atoms with Gasteiger partial charge in [0.05, 0.1) is 13.2 Å². The molecule has 1 atom stereocenters. The number of nitrogens with one attached hydrogen (secondary N) is 1. The summed E-state index contributed by atoms with van der Waals surface area (Å²) in [5, 5.41) is 3.59. The van der Waals surface area contributed by atoms with E-state index in [9.17, 15) is 0 Å². The Morgan fingerprint density at radius 3 is 2.57 bits per heavy atom. The summed E-state index contributed by atoms with van der Waals surface area (Å²) in [5.41, 5.74) is 3.77. The van der Waals surface area contributed by atoms with Crippen molar-refractivity contribution in [2.75, 3.05) is 13.7 Å². The third-order valence-corrected chi connectivity index (χ3v) is 4.86. The van der Waals surface area contributed by atoms with E-state index in [0.717, 1.165) is 16.8 Å². The third-order valence-electron chi connectivity index (χ3n) is 3.47. The number of ether oxygens (including phenoxy) is 1. The van der Waals surface area contributed by atoms with Crippen LogP contribution in [0.2, 0.25) is 0 Å². The van der Waals surface area contributed by atoms with E-state index in [1.54, 1.807) is 7.11 Å². The summed E-state index contributed by atoms with van der Waals surface area (Å²) in [6, 6.07) is 12.9. The predicted molar refractivity (Wildman–Crippen MR) is 100 cm³/mol. The minimum atomic E-state index is 0.171. The van der Waals surface area contributed by atoms with Gasteiger partial charge in [0.1, 0.15) is 5.75 Å². The highest BCUT2D eigenvalue weighted by molar-refractivity contribution is 14.1. The van der Waals surface area contributed by atoms with Crippen molar-refractivity contribution in [3.05, 3.63) is 61.1 Å². The molecule has 1 unspecified atom stereocenters. The molecular weight excluding hydrogens is 441 g/mol. The molecule has 0 spiro atoms. The van der Waals surface area contributed by atoms with Gasteiger partial charge in [0, 0.05) is 8.04 Å². The van der Waals surface area contributed by atoms with Crippen LogP contribution in [0.15, 0.2) is 40.9 Å². The maximum atomic E-state index is 5.31. The number of benzene rings is 2. The lowest BCUT2D eigenvalue weighted by atomic mass is 9.94. The number of methoxy groups -OCH3 is 1. The second-order valence-corrected chi connectivity index (χ2v) is 6.98. The first-order valence-electron chi connectivity index (χ1n) is 6.89. The minimum Gasteiger partial charge on any atom is -0.497 e. The van der Waals surface area contributed by atoms with Crippen molar-refractivity contribution >= 4 is 38.5 Å². The van der Waals surface area contributed by atoms with Crippen molar-refractivity contribution in [1.82, 2.24) is 5.32 Å². The van der Waals surface area contributed by atoms with Crippen LogP contribution in [0, 0.1) is 10.5 Å². The molecule has 0 aliphatic carbocycles. The zero-order valence-electron chi connectivity index (χ0n) is 12.4. The SMILES string of the molecule is CCNC(c1ccc(OC)cc1C)c1cc(I)ccc1Br.